The topological polar surface area (TPSA) is 131 Å². The molecule has 8 rings (SSSR count). The van der Waals surface area contributed by atoms with Gasteiger partial charge in [0.1, 0.15) is 0 Å². The van der Waals surface area contributed by atoms with Gasteiger partial charge < -0.3 is 9.47 Å². The minimum absolute atomic E-state index is 0.0132. The number of nitrogens with zero attached hydrogens (tertiary/aromatic N) is 2. The second-order valence-electron chi connectivity index (χ2n) is 19.4. The SMILES string of the molecule is CCCCCCC(CCCCCC)n1c(=O)c2ccc3c4ccc5c(=O)n(C(CCCCCC)CCCCCC)c(=O)c6cc7c(C(=O)OCC)c(C(=O)OCC)c8cc(c1=O)c2c3c8c7c4c56. The predicted molar refractivity (Wildman–Crippen MR) is 280 cm³/mol. The standard InChI is InChI=1S/C58H70N2O8/c1-7-13-17-21-25-35(26-22-18-14-8-2)59-53(61)39-31-29-37-38-30-32-40-46-44(56(64)60(54(40)62)36(27-23-19-15-9-3)28-24-20-16-10-4)34-42-50(48(38)46)49-41(33-43(55(59)63)45(39)47(37)49)51(57(65)67-11-5)52(42)58(66)68-12-6/h29-36H,7-28H2,1-6H3. The number of pyridine rings is 2. The second-order valence-corrected chi connectivity index (χ2v) is 19.4. The van der Waals surface area contributed by atoms with Gasteiger partial charge in [0.25, 0.3) is 22.2 Å². The molecule has 0 aliphatic heterocycles. The van der Waals surface area contributed by atoms with Gasteiger partial charge >= 0.3 is 11.9 Å². The van der Waals surface area contributed by atoms with Crippen molar-refractivity contribution in [2.45, 2.75) is 182 Å². The van der Waals surface area contributed by atoms with Gasteiger partial charge in [-0.1, -0.05) is 143 Å². The molecule has 0 spiro atoms. The van der Waals surface area contributed by atoms with Crippen molar-refractivity contribution in [2.75, 3.05) is 13.2 Å². The van der Waals surface area contributed by atoms with Crippen molar-refractivity contribution in [3.63, 3.8) is 0 Å². The molecule has 0 aliphatic rings. The average Bonchev–Trinajstić information content (AvgIpc) is 3.33. The van der Waals surface area contributed by atoms with Crippen LogP contribution in [0.1, 0.15) is 203 Å². The Morgan fingerprint density at radius 1 is 0.382 bits per heavy atom. The molecule has 8 aromatic rings. The third-order valence-corrected chi connectivity index (χ3v) is 14.9. The van der Waals surface area contributed by atoms with E-state index in [4.69, 9.17) is 9.47 Å². The Labute approximate surface area is 398 Å². The van der Waals surface area contributed by atoms with Crippen LogP contribution >= 0.6 is 0 Å². The van der Waals surface area contributed by atoms with Gasteiger partial charge in [-0.05, 0) is 107 Å². The molecule has 10 nitrogen and oxygen atoms in total. The monoisotopic (exact) mass is 923 g/mol. The Morgan fingerprint density at radius 2 is 0.676 bits per heavy atom. The summed E-state index contributed by atoms with van der Waals surface area (Å²) in [4.78, 5) is 89.9. The van der Waals surface area contributed by atoms with E-state index in [9.17, 15) is 9.59 Å². The van der Waals surface area contributed by atoms with Gasteiger partial charge in [0.15, 0.2) is 0 Å². The van der Waals surface area contributed by atoms with E-state index in [-0.39, 0.29) is 58.3 Å². The van der Waals surface area contributed by atoms with Gasteiger partial charge in [-0.25, -0.2) is 9.59 Å². The molecule has 10 heteroatoms. The number of carbonyl (C=O) groups is 2. The molecular formula is C58H70N2O8. The van der Waals surface area contributed by atoms with Crippen LogP contribution in [-0.4, -0.2) is 34.3 Å². The highest BCUT2D eigenvalue weighted by Crippen LogP contribution is 2.50. The first kappa shape index (κ1) is 48.8. The summed E-state index contributed by atoms with van der Waals surface area (Å²) >= 11 is 0. The number of ether oxygens (including phenoxy) is 2. The maximum atomic E-state index is 15.3. The number of esters is 2. The molecule has 0 atom stereocenters. The van der Waals surface area contributed by atoms with E-state index in [0.717, 1.165) is 103 Å². The zero-order chi connectivity index (χ0) is 48.2. The zero-order valence-corrected chi connectivity index (χ0v) is 41.3. The summed E-state index contributed by atoms with van der Waals surface area (Å²) in [5.74, 6) is -1.53. The number of benzene rings is 6. The van der Waals surface area contributed by atoms with Crippen LogP contribution in [0.25, 0.3) is 75.4 Å². The molecule has 0 aliphatic carbocycles. The van der Waals surface area contributed by atoms with Crippen molar-refractivity contribution in [3.8, 4) is 0 Å². The Morgan fingerprint density at radius 3 is 0.985 bits per heavy atom. The summed E-state index contributed by atoms with van der Waals surface area (Å²) < 4.78 is 14.5. The number of carbonyl (C=O) groups excluding carboxylic acids is 2. The van der Waals surface area contributed by atoms with E-state index < -0.39 is 23.1 Å². The Balaban J connectivity index is 1.52. The van der Waals surface area contributed by atoms with Crippen molar-refractivity contribution in [2.24, 2.45) is 0 Å². The lowest BCUT2D eigenvalue weighted by molar-refractivity contribution is 0.0482. The molecular weight excluding hydrogens is 853 g/mol. The van der Waals surface area contributed by atoms with Gasteiger partial charge in [-0.15, -0.1) is 0 Å². The molecule has 2 heterocycles. The van der Waals surface area contributed by atoms with Crippen molar-refractivity contribution >= 4 is 87.3 Å². The van der Waals surface area contributed by atoms with Crippen molar-refractivity contribution < 1.29 is 19.1 Å². The minimum Gasteiger partial charge on any atom is -0.462 e. The molecule has 6 aromatic carbocycles. The van der Waals surface area contributed by atoms with Gasteiger partial charge in [0, 0.05) is 44.4 Å². The first-order valence-corrected chi connectivity index (χ1v) is 26.2. The number of hydrogen-bond donors (Lipinski definition) is 0. The molecule has 68 heavy (non-hydrogen) atoms. The van der Waals surface area contributed by atoms with Crippen molar-refractivity contribution in [1.82, 2.24) is 9.13 Å². The average molecular weight is 923 g/mol. The predicted octanol–water partition coefficient (Wildman–Crippen LogP) is 13.9. The van der Waals surface area contributed by atoms with Crippen LogP contribution in [0.3, 0.4) is 0 Å². The number of aromatic nitrogens is 2. The highest BCUT2D eigenvalue weighted by atomic mass is 16.5. The summed E-state index contributed by atoms with van der Waals surface area (Å²) in [6.45, 7) is 12.1. The summed E-state index contributed by atoms with van der Waals surface area (Å²) in [6.07, 6.45) is 19.0. The van der Waals surface area contributed by atoms with E-state index in [2.05, 4.69) is 27.7 Å². The van der Waals surface area contributed by atoms with Gasteiger partial charge in [0.05, 0.1) is 24.3 Å². The van der Waals surface area contributed by atoms with Crippen LogP contribution in [0.15, 0.2) is 55.6 Å². The number of rotatable bonds is 26. The fraction of sp³-hybridized carbons (Fsp3) is 0.517. The molecule has 0 fully saturated rings. The minimum atomic E-state index is -0.765. The molecule has 0 bridgehead atoms. The molecule has 0 unspecified atom stereocenters. The number of unbranched alkanes of at least 4 members (excludes halogenated alkanes) is 12. The smallest absolute Gasteiger partial charge is 0.339 e. The Hall–Kier alpha value is -5.64. The largest absolute Gasteiger partial charge is 0.462 e. The van der Waals surface area contributed by atoms with E-state index in [1.807, 2.05) is 24.3 Å². The van der Waals surface area contributed by atoms with Crippen LogP contribution in [0.5, 0.6) is 0 Å². The number of fused-ring (bicyclic) bond motifs is 1. The highest BCUT2D eigenvalue weighted by molar-refractivity contribution is 6.47. The molecule has 0 radical (unpaired) electrons. The highest BCUT2D eigenvalue weighted by Gasteiger charge is 2.34. The molecule has 0 N–H and O–H groups in total. The Bertz CT molecular complexity index is 3070. The van der Waals surface area contributed by atoms with Crippen LogP contribution in [0.4, 0.5) is 0 Å². The lowest BCUT2D eigenvalue weighted by Crippen LogP contribution is -2.37. The lowest BCUT2D eigenvalue weighted by atomic mass is 9.79. The van der Waals surface area contributed by atoms with E-state index in [1.54, 1.807) is 26.0 Å². The van der Waals surface area contributed by atoms with E-state index in [0.29, 0.717) is 90.3 Å². The molecule has 0 saturated carbocycles. The van der Waals surface area contributed by atoms with Gasteiger partial charge in [0.2, 0.25) is 0 Å². The first-order chi connectivity index (χ1) is 33.1. The van der Waals surface area contributed by atoms with Crippen LogP contribution in [0, 0.1) is 0 Å². The first-order valence-electron chi connectivity index (χ1n) is 26.2. The van der Waals surface area contributed by atoms with E-state index >= 15 is 19.2 Å². The summed E-state index contributed by atoms with van der Waals surface area (Å²) in [5, 5.41) is 6.85. The fourth-order valence-electron chi connectivity index (χ4n) is 11.7. The molecule has 2 aromatic heterocycles. The zero-order valence-electron chi connectivity index (χ0n) is 41.3. The summed E-state index contributed by atoms with van der Waals surface area (Å²) in [6, 6.07) is 10.2. The lowest BCUT2D eigenvalue weighted by Gasteiger charge is -2.26. The third kappa shape index (κ3) is 8.48. The van der Waals surface area contributed by atoms with Gasteiger partial charge in [-0.3, -0.25) is 28.3 Å². The quantitative estimate of drug-likeness (QED) is 0.0227. The maximum absolute atomic E-state index is 15.3. The third-order valence-electron chi connectivity index (χ3n) is 14.9. The summed E-state index contributed by atoms with van der Waals surface area (Å²) in [7, 11) is 0. The normalized spacial score (nSPS) is 12.4. The van der Waals surface area contributed by atoms with E-state index in [1.165, 1.54) is 9.13 Å². The number of hydrogen-bond acceptors (Lipinski definition) is 8. The maximum Gasteiger partial charge on any atom is 0.339 e. The van der Waals surface area contributed by atoms with Crippen molar-refractivity contribution in [1.29, 1.82) is 0 Å². The van der Waals surface area contributed by atoms with Gasteiger partial charge in [-0.2, -0.15) is 0 Å². The Kier molecular flexibility index (Phi) is 15.3. The summed E-state index contributed by atoms with van der Waals surface area (Å²) in [5.41, 5.74) is -1.61. The van der Waals surface area contributed by atoms with Crippen LogP contribution in [-0.2, 0) is 9.47 Å². The molecule has 0 saturated heterocycles. The molecule has 0 amide bonds. The van der Waals surface area contributed by atoms with Crippen LogP contribution < -0.4 is 22.2 Å². The second kappa shape index (κ2) is 21.3. The van der Waals surface area contributed by atoms with Crippen LogP contribution in [0.2, 0.25) is 0 Å². The molecule has 360 valence electrons. The van der Waals surface area contributed by atoms with Crippen molar-refractivity contribution in [3.05, 3.63) is 88.9 Å². The fourth-order valence-corrected chi connectivity index (χ4v) is 11.7.